The first kappa shape index (κ1) is 10.7. The minimum absolute atomic E-state index is 0.00431. The SMILES string of the molecule is O=C(c1ccc(NC2CC2)o1)N1CCNCC1. The number of amides is 1. The molecule has 0 radical (unpaired) electrons. The lowest BCUT2D eigenvalue weighted by Crippen LogP contribution is -2.46. The Morgan fingerprint density at radius 3 is 2.82 bits per heavy atom. The maximum atomic E-state index is 12.1. The lowest BCUT2D eigenvalue weighted by Gasteiger charge is -2.26. The Morgan fingerprint density at radius 2 is 2.12 bits per heavy atom. The molecule has 0 bridgehead atoms. The molecule has 1 saturated carbocycles. The van der Waals surface area contributed by atoms with Gasteiger partial charge in [0.05, 0.1) is 0 Å². The van der Waals surface area contributed by atoms with E-state index in [2.05, 4.69) is 10.6 Å². The van der Waals surface area contributed by atoms with Crippen molar-refractivity contribution < 1.29 is 9.21 Å². The molecule has 2 aliphatic rings. The lowest BCUT2D eigenvalue weighted by atomic mass is 10.3. The van der Waals surface area contributed by atoms with E-state index >= 15 is 0 Å². The van der Waals surface area contributed by atoms with Crippen LogP contribution in [0.5, 0.6) is 0 Å². The van der Waals surface area contributed by atoms with Crippen molar-refractivity contribution in [2.75, 3.05) is 31.5 Å². The van der Waals surface area contributed by atoms with Gasteiger partial charge in [0, 0.05) is 38.3 Å². The highest BCUT2D eigenvalue weighted by molar-refractivity contribution is 5.92. The van der Waals surface area contributed by atoms with Crippen molar-refractivity contribution in [3.63, 3.8) is 0 Å². The van der Waals surface area contributed by atoms with Gasteiger partial charge in [-0.25, -0.2) is 0 Å². The first-order valence-electron chi connectivity index (χ1n) is 6.19. The van der Waals surface area contributed by atoms with E-state index in [-0.39, 0.29) is 5.91 Å². The summed E-state index contributed by atoms with van der Waals surface area (Å²) in [4.78, 5) is 13.9. The average molecular weight is 235 g/mol. The van der Waals surface area contributed by atoms with Crippen LogP contribution in [0.3, 0.4) is 0 Å². The monoisotopic (exact) mass is 235 g/mol. The summed E-state index contributed by atoms with van der Waals surface area (Å²) >= 11 is 0. The van der Waals surface area contributed by atoms with E-state index in [0.717, 1.165) is 26.2 Å². The van der Waals surface area contributed by atoms with Gasteiger partial charge in [-0.3, -0.25) is 4.79 Å². The number of hydrogen-bond donors (Lipinski definition) is 2. The summed E-state index contributed by atoms with van der Waals surface area (Å²) in [5.41, 5.74) is 0. The maximum Gasteiger partial charge on any atom is 0.289 e. The second kappa shape index (κ2) is 4.41. The number of furan rings is 1. The average Bonchev–Trinajstić information content (AvgIpc) is 3.06. The number of rotatable bonds is 3. The van der Waals surface area contributed by atoms with Crippen LogP contribution < -0.4 is 10.6 Å². The third-order valence-corrected chi connectivity index (χ3v) is 3.14. The molecule has 0 atom stereocenters. The van der Waals surface area contributed by atoms with Gasteiger partial charge in [0.15, 0.2) is 11.6 Å². The first-order valence-corrected chi connectivity index (χ1v) is 6.19. The van der Waals surface area contributed by atoms with Crippen LogP contribution in [0.25, 0.3) is 0 Å². The van der Waals surface area contributed by atoms with Crippen LogP contribution in [0.1, 0.15) is 23.4 Å². The lowest BCUT2D eigenvalue weighted by molar-refractivity contribution is 0.0705. The van der Waals surface area contributed by atoms with Crippen molar-refractivity contribution in [1.29, 1.82) is 0 Å². The van der Waals surface area contributed by atoms with E-state index in [1.165, 1.54) is 12.8 Å². The zero-order chi connectivity index (χ0) is 11.7. The molecule has 1 amide bonds. The van der Waals surface area contributed by atoms with Crippen LogP contribution in [-0.2, 0) is 0 Å². The fourth-order valence-electron chi connectivity index (χ4n) is 1.98. The highest BCUT2D eigenvalue weighted by atomic mass is 16.4. The van der Waals surface area contributed by atoms with Gasteiger partial charge in [0.1, 0.15) is 0 Å². The Morgan fingerprint density at radius 1 is 1.35 bits per heavy atom. The van der Waals surface area contributed by atoms with Gasteiger partial charge in [0.25, 0.3) is 5.91 Å². The van der Waals surface area contributed by atoms with Gasteiger partial charge >= 0.3 is 0 Å². The molecule has 3 rings (SSSR count). The number of carbonyl (C=O) groups excluding carboxylic acids is 1. The van der Waals surface area contributed by atoms with E-state index in [9.17, 15) is 4.79 Å². The van der Waals surface area contributed by atoms with Crippen molar-refractivity contribution in [3.05, 3.63) is 17.9 Å². The molecule has 1 saturated heterocycles. The second-order valence-electron chi connectivity index (χ2n) is 4.62. The van der Waals surface area contributed by atoms with Gasteiger partial charge in [-0.05, 0) is 18.9 Å². The Balaban J connectivity index is 1.65. The topological polar surface area (TPSA) is 57.5 Å². The number of nitrogens with zero attached hydrogens (tertiary/aromatic N) is 1. The van der Waals surface area contributed by atoms with Crippen molar-refractivity contribution in [2.24, 2.45) is 0 Å². The molecular formula is C12H17N3O2. The zero-order valence-corrected chi connectivity index (χ0v) is 9.74. The normalized spacial score (nSPS) is 20.4. The number of hydrogen-bond acceptors (Lipinski definition) is 4. The van der Waals surface area contributed by atoms with Gasteiger partial charge in [0.2, 0.25) is 0 Å². The summed E-state index contributed by atoms with van der Waals surface area (Å²) in [6.07, 6.45) is 2.39. The third kappa shape index (κ3) is 2.44. The molecule has 1 aromatic heterocycles. The van der Waals surface area contributed by atoms with Gasteiger partial charge in [-0.15, -0.1) is 0 Å². The Bertz CT molecular complexity index is 406. The Hall–Kier alpha value is -1.49. The van der Waals surface area contributed by atoms with E-state index in [1.54, 1.807) is 6.07 Å². The standard InChI is InChI=1S/C12H17N3O2/c16-12(15-7-5-13-6-8-15)10-3-4-11(17-10)14-9-1-2-9/h3-4,9,13-14H,1-2,5-8H2. The van der Waals surface area contributed by atoms with Crippen molar-refractivity contribution in [1.82, 2.24) is 10.2 Å². The molecule has 2 fully saturated rings. The number of carbonyl (C=O) groups is 1. The molecule has 1 aliphatic carbocycles. The number of nitrogens with one attached hydrogen (secondary N) is 2. The Kier molecular flexibility index (Phi) is 2.76. The maximum absolute atomic E-state index is 12.1. The van der Waals surface area contributed by atoms with E-state index in [4.69, 9.17) is 4.42 Å². The fourth-order valence-corrected chi connectivity index (χ4v) is 1.98. The highest BCUT2D eigenvalue weighted by Crippen LogP contribution is 2.26. The molecule has 0 unspecified atom stereocenters. The molecule has 2 N–H and O–H groups in total. The summed E-state index contributed by atoms with van der Waals surface area (Å²) in [5.74, 6) is 1.15. The van der Waals surface area contributed by atoms with E-state index < -0.39 is 0 Å². The van der Waals surface area contributed by atoms with Crippen LogP contribution >= 0.6 is 0 Å². The second-order valence-corrected chi connectivity index (χ2v) is 4.62. The smallest absolute Gasteiger partial charge is 0.289 e. The van der Waals surface area contributed by atoms with Crippen LogP contribution in [0.15, 0.2) is 16.5 Å². The van der Waals surface area contributed by atoms with Gasteiger partial charge in [-0.1, -0.05) is 0 Å². The molecule has 1 aliphatic heterocycles. The Labute approximate surface area is 100 Å². The summed E-state index contributed by atoms with van der Waals surface area (Å²) in [7, 11) is 0. The molecular weight excluding hydrogens is 218 g/mol. The molecule has 1 aromatic rings. The summed E-state index contributed by atoms with van der Waals surface area (Å²) in [5, 5.41) is 6.47. The molecule has 17 heavy (non-hydrogen) atoms. The summed E-state index contributed by atoms with van der Waals surface area (Å²) in [6.45, 7) is 3.23. The predicted molar refractivity (Wildman–Crippen MR) is 64.1 cm³/mol. The molecule has 2 heterocycles. The third-order valence-electron chi connectivity index (χ3n) is 3.14. The van der Waals surface area contributed by atoms with Crippen LogP contribution in [0.4, 0.5) is 5.88 Å². The van der Waals surface area contributed by atoms with Crippen LogP contribution in [0, 0.1) is 0 Å². The molecule has 0 spiro atoms. The van der Waals surface area contributed by atoms with E-state index in [1.807, 2.05) is 11.0 Å². The first-order chi connectivity index (χ1) is 8.33. The molecule has 5 heteroatoms. The van der Waals surface area contributed by atoms with E-state index in [0.29, 0.717) is 17.7 Å². The number of anilines is 1. The van der Waals surface area contributed by atoms with Crippen molar-refractivity contribution in [3.8, 4) is 0 Å². The minimum Gasteiger partial charge on any atom is -0.436 e. The minimum atomic E-state index is -0.00431. The van der Waals surface area contributed by atoms with Crippen LogP contribution in [0.2, 0.25) is 0 Å². The molecule has 0 aromatic carbocycles. The van der Waals surface area contributed by atoms with Crippen LogP contribution in [-0.4, -0.2) is 43.0 Å². The van der Waals surface area contributed by atoms with Crippen molar-refractivity contribution >= 4 is 11.8 Å². The predicted octanol–water partition coefficient (Wildman–Crippen LogP) is 0.899. The quantitative estimate of drug-likeness (QED) is 0.817. The highest BCUT2D eigenvalue weighted by Gasteiger charge is 2.24. The summed E-state index contributed by atoms with van der Waals surface area (Å²) in [6, 6.07) is 4.14. The number of piperazine rings is 1. The largest absolute Gasteiger partial charge is 0.436 e. The summed E-state index contributed by atoms with van der Waals surface area (Å²) < 4.78 is 5.53. The zero-order valence-electron chi connectivity index (χ0n) is 9.74. The van der Waals surface area contributed by atoms with Crippen molar-refractivity contribution in [2.45, 2.75) is 18.9 Å². The molecule has 5 nitrogen and oxygen atoms in total. The van der Waals surface area contributed by atoms with Gasteiger partial charge < -0.3 is 20.0 Å². The molecule has 92 valence electrons. The van der Waals surface area contributed by atoms with Gasteiger partial charge in [-0.2, -0.15) is 0 Å². The fraction of sp³-hybridized carbons (Fsp3) is 0.583.